The molecule has 0 bridgehead atoms. The number of aromatic amines is 1. The average Bonchev–Trinajstić information content (AvgIpc) is 3.60. The Morgan fingerprint density at radius 1 is 1.10 bits per heavy atom. The lowest BCUT2D eigenvalue weighted by Crippen LogP contribution is -2.31. The van der Waals surface area contributed by atoms with Crippen LogP contribution in [0.15, 0.2) is 66.9 Å². The van der Waals surface area contributed by atoms with E-state index in [4.69, 9.17) is 4.98 Å². The Morgan fingerprint density at radius 3 is 2.65 bits per heavy atom. The molecule has 156 valence electrons. The Bertz CT molecular complexity index is 1210. The van der Waals surface area contributed by atoms with Crippen molar-refractivity contribution in [1.29, 1.82) is 0 Å². The summed E-state index contributed by atoms with van der Waals surface area (Å²) in [7, 11) is 1.86. The van der Waals surface area contributed by atoms with Gasteiger partial charge in [0.05, 0.1) is 11.7 Å². The van der Waals surface area contributed by atoms with E-state index in [0.29, 0.717) is 17.9 Å². The summed E-state index contributed by atoms with van der Waals surface area (Å²) in [5, 5.41) is 7.53. The van der Waals surface area contributed by atoms with Crippen molar-refractivity contribution in [3.05, 3.63) is 89.5 Å². The van der Waals surface area contributed by atoms with Gasteiger partial charge in [0.2, 0.25) is 0 Å². The maximum absolute atomic E-state index is 13.0. The van der Waals surface area contributed by atoms with Crippen LogP contribution in [-0.4, -0.2) is 27.9 Å². The van der Waals surface area contributed by atoms with Gasteiger partial charge in [-0.3, -0.25) is 4.79 Å². The molecule has 1 amide bonds. The van der Waals surface area contributed by atoms with E-state index in [1.165, 1.54) is 0 Å². The Morgan fingerprint density at radius 2 is 1.87 bits per heavy atom. The van der Waals surface area contributed by atoms with Crippen molar-refractivity contribution in [2.75, 3.05) is 12.4 Å². The third kappa shape index (κ3) is 4.14. The third-order valence-electron chi connectivity index (χ3n) is 5.76. The molecule has 0 spiro atoms. The molecule has 6 nitrogen and oxygen atoms in total. The zero-order valence-electron chi connectivity index (χ0n) is 17.4. The molecular weight excluding hydrogens is 386 g/mol. The molecule has 3 N–H and O–H groups in total. The van der Waals surface area contributed by atoms with E-state index in [1.807, 2.05) is 61.8 Å². The van der Waals surface area contributed by atoms with Crippen molar-refractivity contribution >= 4 is 22.6 Å². The number of hydrogen-bond acceptors (Lipinski definition) is 4. The number of hydrogen-bond donors (Lipinski definition) is 3. The van der Waals surface area contributed by atoms with Gasteiger partial charge in [0, 0.05) is 48.1 Å². The largest absolute Gasteiger partial charge is 0.373 e. The highest BCUT2D eigenvalue weighted by Gasteiger charge is 2.29. The molecule has 5 rings (SSSR count). The number of carbonyl (C=O) groups excluding carboxylic acids is 1. The van der Waals surface area contributed by atoms with Gasteiger partial charge in [0.25, 0.3) is 5.91 Å². The number of rotatable bonds is 7. The van der Waals surface area contributed by atoms with Crippen LogP contribution in [0.4, 0.5) is 5.82 Å². The van der Waals surface area contributed by atoms with Gasteiger partial charge in [0.15, 0.2) is 0 Å². The van der Waals surface area contributed by atoms with Crippen molar-refractivity contribution < 1.29 is 4.79 Å². The van der Waals surface area contributed by atoms with Crippen molar-refractivity contribution in [3.8, 4) is 0 Å². The van der Waals surface area contributed by atoms with E-state index in [0.717, 1.165) is 46.6 Å². The second kappa shape index (κ2) is 8.22. The monoisotopic (exact) mass is 411 g/mol. The molecular formula is C25H25N5O. The number of aromatic nitrogens is 3. The second-order valence-electron chi connectivity index (χ2n) is 8.02. The average molecular weight is 412 g/mol. The molecule has 0 aliphatic heterocycles. The van der Waals surface area contributed by atoms with Crippen LogP contribution in [0.25, 0.3) is 10.9 Å². The minimum atomic E-state index is -0.278. The Labute approximate surface area is 181 Å². The maximum atomic E-state index is 13.0. The number of H-pyrrole nitrogens is 1. The van der Waals surface area contributed by atoms with Gasteiger partial charge in [-0.15, -0.1) is 0 Å². The molecule has 1 saturated carbocycles. The summed E-state index contributed by atoms with van der Waals surface area (Å²) in [6.07, 6.45) is 4.90. The number of para-hydroxylation sites is 1. The molecule has 2 aromatic heterocycles. The zero-order valence-corrected chi connectivity index (χ0v) is 17.4. The fourth-order valence-electron chi connectivity index (χ4n) is 3.90. The van der Waals surface area contributed by atoms with Crippen LogP contribution < -0.4 is 10.6 Å². The molecule has 6 heteroatoms. The fourth-order valence-corrected chi connectivity index (χ4v) is 3.90. The van der Waals surface area contributed by atoms with E-state index in [-0.39, 0.29) is 11.9 Å². The van der Waals surface area contributed by atoms with Crippen molar-refractivity contribution in [2.45, 2.75) is 31.2 Å². The highest BCUT2D eigenvalue weighted by Crippen LogP contribution is 2.39. The van der Waals surface area contributed by atoms with Gasteiger partial charge < -0.3 is 15.6 Å². The van der Waals surface area contributed by atoms with Gasteiger partial charge in [-0.1, -0.05) is 36.4 Å². The molecule has 1 atom stereocenters. The topological polar surface area (TPSA) is 82.7 Å². The molecule has 1 aliphatic rings. The minimum Gasteiger partial charge on any atom is -0.373 e. The van der Waals surface area contributed by atoms with Crippen LogP contribution in [0.3, 0.4) is 0 Å². The first-order chi connectivity index (χ1) is 15.2. The summed E-state index contributed by atoms with van der Waals surface area (Å²) < 4.78 is 0. The lowest BCUT2D eigenvalue weighted by Gasteiger charge is -2.20. The summed E-state index contributed by atoms with van der Waals surface area (Å²) in [4.78, 5) is 25.9. The van der Waals surface area contributed by atoms with Crippen LogP contribution in [0, 0.1) is 0 Å². The fraction of sp³-hybridized carbons (Fsp3) is 0.240. The van der Waals surface area contributed by atoms with Crippen molar-refractivity contribution in [1.82, 2.24) is 20.3 Å². The number of benzene rings is 2. The quantitative estimate of drug-likeness (QED) is 0.415. The van der Waals surface area contributed by atoms with E-state index in [9.17, 15) is 4.79 Å². The van der Waals surface area contributed by atoms with Gasteiger partial charge >= 0.3 is 0 Å². The second-order valence-corrected chi connectivity index (χ2v) is 8.02. The number of nitrogens with one attached hydrogen (secondary N) is 3. The summed E-state index contributed by atoms with van der Waals surface area (Å²) in [5.41, 5.74) is 3.70. The molecule has 2 aromatic carbocycles. The number of anilines is 1. The molecule has 4 aromatic rings. The molecule has 1 fully saturated rings. The first-order valence-corrected chi connectivity index (χ1v) is 10.7. The molecule has 1 aliphatic carbocycles. The molecule has 0 unspecified atom stereocenters. The number of amides is 1. The van der Waals surface area contributed by atoms with Crippen molar-refractivity contribution in [3.63, 3.8) is 0 Å². The highest BCUT2D eigenvalue weighted by molar-refractivity contribution is 5.94. The van der Waals surface area contributed by atoms with Crippen LogP contribution in [0.5, 0.6) is 0 Å². The first-order valence-electron chi connectivity index (χ1n) is 10.7. The first kappa shape index (κ1) is 19.3. The molecule has 31 heavy (non-hydrogen) atoms. The Hall–Kier alpha value is -3.67. The van der Waals surface area contributed by atoms with Gasteiger partial charge in [-0.2, -0.15) is 0 Å². The van der Waals surface area contributed by atoms with Crippen LogP contribution in [-0.2, 0) is 6.42 Å². The van der Waals surface area contributed by atoms with E-state index in [2.05, 4.69) is 32.7 Å². The van der Waals surface area contributed by atoms with Crippen LogP contribution in [0.1, 0.15) is 52.2 Å². The van der Waals surface area contributed by atoms with Gasteiger partial charge in [-0.25, -0.2) is 9.97 Å². The summed E-state index contributed by atoms with van der Waals surface area (Å²) in [5.74, 6) is 1.96. The predicted molar refractivity (Wildman–Crippen MR) is 122 cm³/mol. The molecule has 2 heterocycles. The zero-order chi connectivity index (χ0) is 21.2. The van der Waals surface area contributed by atoms with Crippen molar-refractivity contribution in [2.24, 2.45) is 0 Å². The van der Waals surface area contributed by atoms with Crippen LogP contribution in [0.2, 0.25) is 0 Å². The van der Waals surface area contributed by atoms with Gasteiger partial charge in [-0.05, 0) is 36.6 Å². The highest BCUT2D eigenvalue weighted by atomic mass is 16.1. The summed E-state index contributed by atoms with van der Waals surface area (Å²) in [6.45, 7) is 0. The smallest absolute Gasteiger partial charge is 0.251 e. The Kier molecular flexibility index (Phi) is 5.12. The van der Waals surface area contributed by atoms with E-state index < -0.39 is 0 Å². The standard InChI is InChI=1S/C25H25N5O/c1-26-23-14-22(28-24(30-23)16-11-12-16)21(29-25(31)17-7-3-2-4-8-17)13-18-15-27-20-10-6-5-9-19(18)20/h2-10,14-16,21,27H,11-13H2,1H3,(H,29,31)(H,26,28,30)/t21-/m1/s1. The van der Waals surface area contributed by atoms with E-state index in [1.54, 1.807) is 0 Å². The number of fused-ring (bicyclic) bond motifs is 1. The number of carbonyl (C=O) groups is 1. The summed E-state index contributed by atoms with van der Waals surface area (Å²) in [6, 6.07) is 19.2. The molecule has 0 radical (unpaired) electrons. The predicted octanol–water partition coefficient (Wildman–Crippen LogP) is 4.59. The maximum Gasteiger partial charge on any atom is 0.251 e. The lowest BCUT2D eigenvalue weighted by atomic mass is 10.0. The Balaban J connectivity index is 1.52. The summed E-state index contributed by atoms with van der Waals surface area (Å²) >= 11 is 0. The molecule has 0 saturated heterocycles. The lowest BCUT2D eigenvalue weighted by molar-refractivity contribution is 0.0935. The van der Waals surface area contributed by atoms with Gasteiger partial charge in [0.1, 0.15) is 11.6 Å². The third-order valence-corrected chi connectivity index (χ3v) is 5.76. The van der Waals surface area contributed by atoms with E-state index >= 15 is 0 Å². The normalized spacial score (nSPS) is 14.4. The van der Waals surface area contributed by atoms with Crippen LogP contribution >= 0.6 is 0 Å². The minimum absolute atomic E-state index is 0.108. The SMILES string of the molecule is CNc1cc([C@@H](Cc2c[nH]c3ccccc23)NC(=O)c2ccccc2)nc(C2CC2)n1. The number of nitrogens with zero attached hydrogens (tertiary/aromatic N) is 2.